The van der Waals surface area contributed by atoms with Crippen molar-refractivity contribution in [1.29, 1.82) is 0 Å². The van der Waals surface area contributed by atoms with Crippen molar-refractivity contribution < 1.29 is 18.9 Å². The van der Waals surface area contributed by atoms with Crippen LogP contribution in [0.1, 0.15) is 52.4 Å². The zero-order chi connectivity index (χ0) is 14.4. The van der Waals surface area contributed by atoms with Gasteiger partial charge in [0.15, 0.2) is 5.79 Å². The Bertz CT molecular complexity index is 349. The highest BCUT2D eigenvalue weighted by Crippen LogP contribution is 2.41. The van der Waals surface area contributed by atoms with Crippen molar-refractivity contribution in [2.24, 2.45) is 11.8 Å². The van der Waals surface area contributed by atoms with Crippen LogP contribution >= 0.6 is 0 Å². The lowest BCUT2D eigenvalue weighted by Crippen LogP contribution is -2.34. The summed E-state index contributed by atoms with van der Waals surface area (Å²) in [5.41, 5.74) is 0. The summed E-state index contributed by atoms with van der Waals surface area (Å²) in [7, 11) is 0. The largest absolute Gasteiger partial charge is 0.370 e. The highest BCUT2D eigenvalue weighted by molar-refractivity contribution is 4.92. The summed E-state index contributed by atoms with van der Waals surface area (Å²) in [5, 5.41) is 0. The van der Waals surface area contributed by atoms with Crippen LogP contribution in [0.5, 0.6) is 0 Å². The predicted molar refractivity (Wildman–Crippen MR) is 78.0 cm³/mol. The molecule has 4 rings (SSSR count). The first-order valence-electron chi connectivity index (χ1n) is 8.68. The third kappa shape index (κ3) is 3.61. The standard InChI is InChI=1S/C17H28O4/c1-17(2,18-9-11-3-5-13-15(7-11)20-13)19-10-12-4-6-14-16(8-12)21-14/h11-16H,3-10H2,1-2H3. The van der Waals surface area contributed by atoms with Crippen LogP contribution in [0.2, 0.25) is 0 Å². The second-order valence-electron chi connectivity index (χ2n) is 7.81. The summed E-state index contributed by atoms with van der Waals surface area (Å²) < 4.78 is 23.3. The van der Waals surface area contributed by atoms with Crippen LogP contribution in [-0.4, -0.2) is 43.4 Å². The Morgan fingerprint density at radius 1 is 0.762 bits per heavy atom. The number of hydrogen-bond donors (Lipinski definition) is 0. The summed E-state index contributed by atoms with van der Waals surface area (Å²) in [5.74, 6) is 0.821. The first-order chi connectivity index (χ1) is 10.1. The maximum Gasteiger partial charge on any atom is 0.162 e. The molecule has 120 valence electrons. The van der Waals surface area contributed by atoms with Crippen LogP contribution in [0.15, 0.2) is 0 Å². The average Bonchev–Trinajstić information content (AvgIpc) is 3.35. The Morgan fingerprint density at radius 2 is 1.24 bits per heavy atom. The summed E-state index contributed by atoms with van der Waals surface area (Å²) in [4.78, 5) is 0. The molecule has 0 amide bonds. The Hall–Kier alpha value is -0.160. The fraction of sp³-hybridized carbons (Fsp3) is 1.00. The Morgan fingerprint density at radius 3 is 1.67 bits per heavy atom. The lowest BCUT2D eigenvalue weighted by atomic mass is 9.90. The lowest BCUT2D eigenvalue weighted by molar-refractivity contribution is -0.226. The van der Waals surface area contributed by atoms with Gasteiger partial charge >= 0.3 is 0 Å². The molecule has 0 aromatic rings. The van der Waals surface area contributed by atoms with Crippen molar-refractivity contribution in [1.82, 2.24) is 0 Å². The van der Waals surface area contributed by atoms with Gasteiger partial charge < -0.3 is 18.9 Å². The number of epoxide rings is 2. The summed E-state index contributed by atoms with van der Waals surface area (Å²) >= 11 is 0. The van der Waals surface area contributed by atoms with Gasteiger partial charge in [0.05, 0.1) is 37.6 Å². The zero-order valence-electron chi connectivity index (χ0n) is 13.3. The second kappa shape index (κ2) is 5.48. The molecule has 0 N–H and O–H groups in total. The summed E-state index contributed by atoms with van der Waals surface area (Å²) in [6.45, 7) is 5.70. The minimum Gasteiger partial charge on any atom is -0.370 e. The van der Waals surface area contributed by atoms with E-state index in [-0.39, 0.29) is 0 Å². The molecule has 6 atom stereocenters. The van der Waals surface area contributed by atoms with Gasteiger partial charge in [-0.1, -0.05) is 0 Å². The molecule has 2 heterocycles. The van der Waals surface area contributed by atoms with Crippen LogP contribution in [0, 0.1) is 11.8 Å². The number of fused-ring (bicyclic) bond motifs is 2. The first kappa shape index (κ1) is 14.4. The molecule has 0 aromatic heterocycles. The SMILES string of the molecule is CC(C)(OCC1CCC2OC2C1)OCC1CCC2OC2C1. The number of rotatable bonds is 6. The van der Waals surface area contributed by atoms with Crippen molar-refractivity contribution in [2.75, 3.05) is 13.2 Å². The van der Waals surface area contributed by atoms with E-state index < -0.39 is 5.79 Å². The lowest BCUT2D eigenvalue weighted by Gasteiger charge is -2.31. The van der Waals surface area contributed by atoms with Crippen molar-refractivity contribution in [3.05, 3.63) is 0 Å². The van der Waals surface area contributed by atoms with Gasteiger partial charge in [0.25, 0.3) is 0 Å². The maximum absolute atomic E-state index is 6.06. The molecule has 2 aliphatic carbocycles. The second-order valence-corrected chi connectivity index (χ2v) is 7.81. The molecule has 2 aliphatic heterocycles. The molecule has 4 nitrogen and oxygen atoms in total. The van der Waals surface area contributed by atoms with Gasteiger partial charge in [-0.3, -0.25) is 0 Å². The first-order valence-corrected chi connectivity index (χ1v) is 8.68. The van der Waals surface area contributed by atoms with E-state index in [1.54, 1.807) is 0 Å². The topological polar surface area (TPSA) is 43.5 Å². The third-order valence-electron chi connectivity index (χ3n) is 5.56. The molecular weight excluding hydrogens is 268 g/mol. The molecule has 21 heavy (non-hydrogen) atoms. The molecule has 4 aliphatic rings. The van der Waals surface area contributed by atoms with E-state index in [1.165, 1.54) is 38.5 Å². The minimum absolute atomic E-state index is 0.470. The van der Waals surface area contributed by atoms with Crippen LogP contribution in [-0.2, 0) is 18.9 Å². The van der Waals surface area contributed by atoms with Gasteiger partial charge in [-0.05, 0) is 64.2 Å². The molecule has 4 fully saturated rings. The highest BCUT2D eigenvalue weighted by atomic mass is 16.7. The molecule has 0 spiro atoms. The van der Waals surface area contributed by atoms with Gasteiger partial charge in [-0.15, -0.1) is 0 Å². The average molecular weight is 296 g/mol. The van der Waals surface area contributed by atoms with Crippen molar-refractivity contribution >= 4 is 0 Å². The predicted octanol–water partition coefficient (Wildman–Crippen LogP) is 2.89. The molecule has 6 unspecified atom stereocenters. The van der Waals surface area contributed by atoms with E-state index in [0.717, 1.165) is 13.2 Å². The molecule has 2 saturated carbocycles. The van der Waals surface area contributed by atoms with E-state index in [4.69, 9.17) is 18.9 Å². The van der Waals surface area contributed by atoms with E-state index in [9.17, 15) is 0 Å². The minimum atomic E-state index is -0.470. The van der Waals surface area contributed by atoms with Gasteiger partial charge in [-0.25, -0.2) is 0 Å². The molecule has 0 radical (unpaired) electrons. The third-order valence-corrected chi connectivity index (χ3v) is 5.56. The fourth-order valence-corrected chi connectivity index (χ4v) is 3.96. The molecular formula is C17H28O4. The molecule has 4 heteroatoms. The molecule has 0 bridgehead atoms. The van der Waals surface area contributed by atoms with E-state index in [1.807, 2.05) is 13.8 Å². The van der Waals surface area contributed by atoms with Gasteiger partial charge in [0.2, 0.25) is 0 Å². The van der Waals surface area contributed by atoms with Gasteiger partial charge in [0, 0.05) is 0 Å². The van der Waals surface area contributed by atoms with Crippen LogP contribution in [0.4, 0.5) is 0 Å². The highest BCUT2D eigenvalue weighted by Gasteiger charge is 2.45. The van der Waals surface area contributed by atoms with E-state index in [0.29, 0.717) is 36.3 Å². The van der Waals surface area contributed by atoms with Crippen molar-refractivity contribution in [3.63, 3.8) is 0 Å². The van der Waals surface area contributed by atoms with Gasteiger partial charge in [-0.2, -0.15) is 0 Å². The number of hydrogen-bond acceptors (Lipinski definition) is 4. The van der Waals surface area contributed by atoms with E-state index >= 15 is 0 Å². The smallest absolute Gasteiger partial charge is 0.162 e. The summed E-state index contributed by atoms with van der Waals surface area (Å²) in [6.07, 6.45) is 9.45. The van der Waals surface area contributed by atoms with Gasteiger partial charge in [0.1, 0.15) is 0 Å². The Balaban J connectivity index is 1.16. The fourth-order valence-electron chi connectivity index (χ4n) is 3.96. The summed E-state index contributed by atoms with van der Waals surface area (Å²) in [6, 6.07) is 0. The normalized spacial score (nSPS) is 44.9. The van der Waals surface area contributed by atoms with Crippen LogP contribution < -0.4 is 0 Å². The number of ether oxygens (including phenoxy) is 4. The van der Waals surface area contributed by atoms with E-state index in [2.05, 4.69) is 0 Å². The van der Waals surface area contributed by atoms with Crippen molar-refractivity contribution in [3.8, 4) is 0 Å². The van der Waals surface area contributed by atoms with Crippen molar-refractivity contribution in [2.45, 2.75) is 82.6 Å². The zero-order valence-corrected chi connectivity index (χ0v) is 13.3. The van der Waals surface area contributed by atoms with Crippen LogP contribution in [0.3, 0.4) is 0 Å². The monoisotopic (exact) mass is 296 g/mol. The quantitative estimate of drug-likeness (QED) is 0.558. The Labute approximate surface area is 127 Å². The van der Waals surface area contributed by atoms with Crippen LogP contribution in [0.25, 0.3) is 0 Å². The molecule has 2 saturated heterocycles. The maximum atomic E-state index is 6.06. The Kier molecular flexibility index (Phi) is 3.77. The molecule has 0 aromatic carbocycles.